The highest BCUT2D eigenvalue weighted by Crippen LogP contribution is 2.34. The molecule has 8 heteroatoms. The number of anilines is 1. The molecule has 1 aromatic heterocycles. The lowest BCUT2D eigenvalue weighted by atomic mass is 10.1. The first-order valence-electron chi connectivity index (χ1n) is 8.83. The number of benzene rings is 2. The van der Waals surface area contributed by atoms with Crippen molar-refractivity contribution in [3.05, 3.63) is 59.0 Å². The van der Waals surface area contributed by atoms with Crippen LogP contribution in [0.1, 0.15) is 15.9 Å². The molecule has 0 aliphatic rings. The largest absolute Gasteiger partial charge is 0.497 e. The molecule has 3 rings (SSSR count). The maximum atomic E-state index is 12.2. The normalized spacial score (nSPS) is 10.3. The monoisotopic (exact) mass is 411 g/mol. The second-order valence-electron chi connectivity index (χ2n) is 6.15. The molecule has 3 aromatic rings. The molecule has 2 aromatic carbocycles. The summed E-state index contributed by atoms with van der Waals surface area (Å²) in [6.45, 7) is 1.70. The number of aryl methyl sites for hydroxylation is 1. The van der Waals surface area contributed by atoms with E-state index in [4.69, 9.17) is 9.47 Å². The second-order valence-corrected chi connectivity index (χ2v) is 7.01. The van der Waals surface area contributed by atoms with Crippen molar-refractivity contribution >= 4 is 28.3 Å². The van der Waals surface area contributed by atoms with Gasteiger partial charge in [0.2, 0.25) is 5.91 Å². The molecule has 0 saturated heterocycles. The van der Waals surface area contributed by atoms with Gasteiger partial charge >= 0.3 is 0 Å². The number of thiazole rings is 1. The number of methoxy groups -OCH3 is 2. The number of aromatic nitrogens is 1. The molecule has 0 aliphatic heterocycles. The fraction of sp³-hybridized carbons (Fsp3) is 0.190. The van der Waals surface area contributed by atoms with Crippen LogP contribution in [0.25, 0.3) is 11.3 Å². The molecule has 7 nitrogen and oxygen atoms in total. The number of hydrogen-bond acceptors (Lipinski definition) is 6. The predicted molar refractivity (Wildman–Crippen MR) is 113 cm³/mol. The molecule has 2 amide bonds. The molecule has 0 radical (unpaired) electrons. The average Bonchev–Trinajstić information content (AvgIpc) is 3.20. The molecule has 1 heterocycles. The van der Waals surface area contributed by atoms with E-state index >= 15 is 0 Å². The third-order valence-electron chi connectivity index (χ3n) is 4.23. The summed E-state index contributed by atoms with van der Waals surface area (Å²) in [5.41, 5.74) is 2.81. The predicted octanol–water partition coefficient (Wildman–Crippen LogP) is 3.50. The number of hydrogen-bond donors (Lipinski definition) is 2. The lowest BCUT2D eigenvalue weighted by molar-refractivity contribution is -0.115. The Kier molecular flexibility index (Phi) is 6.46. The molecule has 2 N–H and O–H groups in total. The Bertz CT molecular complexity index is 1030. The summed E-state index contributed by atoms with van der Waals surface area (Å²) in [5, 5.41) is 7.57. The summed E-state index contributed by atoms with van der Waals surface area (Å²) in [6, 6.07) is 12.6. The molecule has 0 saturated carbocycles. The van der Waals surface area contributed by atoms with Gasteiger partial charge in [-0.25, -0.2) is 4.98 Å². The van der Waals surface area contributed by atoms with Gasteiger partial charge in [-0.1, -0.05) is 18.2 Å². The number of carbonyl (C=O) groups excluding carboxylic acids is 2. The maximum Gasteiger partial charge on any atom is 0.251 e. The summed E-state index contributed by atoms with van der Waals surface area (Å²) in [4.78, 5) is 28.9. The molecule has 0 spiro atoms. The Labute approximate surface area is 172 Å². The third-order valence-corrected chi connectivity index (χ3v) is 4.99. The molecule has 0 aliphatic carbocycles. The van der Waals surface area contributed by atoms with Crippen molar-refractivity contribution in [2.24, 2.45) is 0 Å². The summed E-state index contributed by atoms with van der Waals surface area (Å²) in [5.74, 6) is 0.683. The molecular formula is C21H21N3O4S. The fourth-order valence-corrected chi connectivity index (χ4v) is 3.44. The van der Waals surface area contributed by atoms with Crippen molar-refractivity contribution < 1.29 is 19.1 Å². The van der Waals surface area contributed by atoms with E-state index in [-0.39, 0.29) is 18.4 Å². The lowest BCUT2D eigenvalue weighted by Gasteiger charge is -2.08. The minimum Gasteiger partial charge on any atom is -0.497 e. The van der Waals surface area contributed by atoms with Crippen LogP contribution in [0.5, 0.6) is 11.5 Å². The van der Waals surface area contributed by atoms with E-state index < -0.39 is 0 Å². The van der Waals surface area contributed by atoms with E-state index in [0.717, 1.165) is 11.1 Å². The van der Waals surface area contributed by atoms with Gasteiger partial charge in [-0.05, 0) is 36.8 Å². The van der Waals surface area contributed by atoms with E-state index in [1.165, 1.54) is 11.3 Å². The number of nitrogens with zero attached hydrogens (tertiary/aromatic N) is 1. The van der Waals surface area contributed by atoms with Crippen LogP contribution < -0.4 is 20.1 Å². The molecule has 29 heavy (non-hydrogen) atoms. The fourth-order valence-electron chi connectivity index (χ4n) is 2.72. The van der Waals surface area contributed by atoms with Gasteiger partial charge in [0.05, 0.1) is 26.5 Å². The Balaban J connectivity index is 1.64. The number of carbonyl (C=O) groups is 2. The van der Waals surface area contributed by atoms with Gasteiger partial charge in [-0.15, -0.1) is 11.3 Å². The van der Waals surface area contributed by atoms with Crippen LogP contribution in [-0.2, 0) is 4.79 Å². The molecule has 0 fully saturated rings. The Hall–Kier alpha value is -3.39. The Morgan fingerprint density at radius 3 is 2.62 bits per heavy atom. The first-order chi connectivity index (χ1) is 14.0. The van der Waals surface area contributed by atoms with Gasteiger partial charge in [0, 0.05) is 16.5 Å². The lowest BCUT2D eigenvalue weighted by Crippen LogP contribution is -2.33. The van der Waals surface area contributed by atoms with Crippen LogP contribution in [0, 0.1) is 6.92 Å². The van der Waals surface area contributed by atoms with Gasteiger partial charge in [-0.3, -0.25) is 9.59 Å². The topological polar surface area (TPSA) is 89.5 Å². The molecular weight excluding hydrogens is 390 g/mol. The van der Waals surface area contributed by atoms with Crippen molar-refractivity contribution in [2.75, 3.05) is 26.1 Å². The van der Waals surface area contributed by atoms with Crippen molar-refractivity contribution in [3.8, 4) is 22.8 Å². The first-order valence-corrected chi connectivity index (χ1v) is 9.71. The molecule has 0 bridgehead atoms. The summed E-state index contributed by atoms with van der Waals surface area (Å²) in [6.07, 6.45) is 0. The van der Waals surface area contributed by atoms with Crippen molar-refractivity contribution in [1.29, 1.82) is 0 Å². The zero-order chi connectivity index (χ0) is 20.8. The van der Waals surface area contributed by atoms with Crippen LogP contribution in [0.2, 0.25) is 0 Å². The number of ether oxygens (including phenoxy) is 2. The second kappa shape index (κ2) is 9.20. The van der Waals surface area contributed by atoms with E-state index in [2.05, 4.69) is 15.6 Å². The van der Waals surface area contributed by atoms with Crippen molar-refractivity contribution in [2.45, 2.75) is 6.92 Å². The van der Waals surface area contributed by atoms with Crippen LogP contribution in [0.3, 0.4) is 0 Å². The van der Waals surface area contributed by atoms with Gasteiger partial charge in [0.1, 0.15) is 11.5 Å². The van der Waals surface area contributed by atoms with E-state index in [1.54, 1.807) is 38.5 Å². The smallest absolute Gasteiger partial charge is 0.251 e. The first kappa shape index (κ1) is 20.3. The highest BCUT2D eigenvalue weighted by Gasteiger charge is 2.14. The van der Waals surface area contributed by atoms with E-state index in [1.807, 2.05) is 30.5 Å². The van der Waals surface area contributed by atoms with Gasteiger partial charge in [0.15, 0.2) is 5.13 Å². The summed E-state index contributed by atoms with van der Waals surface area (Å²) >= 11 is 1.29. The Morgan fingerprint density at radius 2 is 1.90 bits per heavy atom. The molecule has 0 atom stereocenters. The highest BCUT2D eigenvalue weighted by molar-refractivity contribution is 7.14. The van der Waals surface area contributed by atoms with Crippen molar-refractivity contribution in [1.82, 2.24) is 10.3 Å². The van der Waals surface area contributed by atoms with E-state index in [9.17, 15) is 9.59 Å². The minimum atomic E-state index is -0.356. The van der Waals surface area contributed by atoms with Gasteiger partial charge in [0.25, 0.3) is 5.91 Å². The minimum absolute atomic E-state index is 0.148. The third kappa shape index (κ3) is 4.91. The standard InChI is InChI=1S/C21H21N3O4S/c1-13-6-4-5-7-15(13)20(26)22-11-19(25)24-21-23-17(12-29-21)16-10-14(27-2)8-9-18(16)28-3/h4-10,12H,11H2,1-3H3,(H,22,26)(H,23,24,25). The van der Waals surface area contributed by atoms with Crippen LogP contribution in [0.15, 0.2) is 47.8 Å². The molecule has 150 valence electrons. The van der Waals surface area contributed by atoms with Gasteiger partial charge < -0.3 is 20.1 Å². The SMILES string of the molecule is COc1ccc(OC)c(-c2csc(NC(=O)CNC(=O)c3ccccc3C)n2)c1. The van der Waals surface area contributed by atoms with Gasteiger partial charge in [-0.2, -0.15) is 0 Å². The number of nitrogens with one attached hydrogen (secondary N) is 2. The zero-order valence-corrected chi connectivity index (χ0v) is 17.1. The van der Waals surface area contributed by atoms with Crippen LogP contribution >= 0.6 is 11.3 Å². The van der Waals surface area contributed by atoms with Crippen molar-refractivity contribution in [3.63, 3.8) is 0 Å². The summed E-state index contributed by atoms with van der Waals surface area (Å²) < 4.78 is 10.6. The van der Waals surface area contributed by atoms with Crippen LogP contribution in [0.4, 0.5) is 5.13 Å². The molecule has 0 unspecified atom stereocenters. The van der Waals surface area contributed by atoms with E-state index in [0.29, 0.717) is 27.9 Å². The zero-order valence-electron chi connectivity index (χ0n) is 16.3. The number of rotatable bonds is 7. The van der Waals surface area contributed by atoms with Crippen LogP contribution in [-0.4, -0.2) is 37.6 Å². The summed E-state index contributed by atoms with van der Waals surface area (Å²) in [7, 11) is 3.17. The quantitative estimate of drug-likeness (QED) is 0.621. The Morgan fingerprint density at radius 1 is 1.10 bits per heavy atom. The maximum absolute atomic E-state index is 12.2. The number of amides is 2. The highest BCUT2D eigenvalue weighted by atomic mass is 32.1. The average molecular weight is 411 g/mol.